The lowest BCUT2D eigenvalue weighted by molar-refractivity contribution is -0.151. The minimum Gasteiger partial charge on any atom is -0.481 e. The number of carbonyl (C=O) groups excluding carboxylic acids is 6. The van der Waals surface area contributed by atoms with Crippen LogP contribution in [0.15, 0.2) is 48.5 Å². The minimum absolute atomic E-state index is 0.0107. The van der Waals surface area contributed by atoms with E-state index in [1.165, 1.54) is 6.92 Å². The van der Waals surface area contributed by atoms with Crippen molar-refractivity contribution in [3.63, 3.8) is 0 Å². The van der Waals surface area contributed by atoms with Crippen LogP contribution in [0.4, 0.5) is 0 Å². The molecule has 2 aromatic carbocycles. The van der Waals surface area contributed by atoms with Crippen molar-refractivity contribution in [2.75, 3.05) is 26.3 Å². The fourth-order valence-corrected chi connectivity index (χ4v) is 7.94. The molecule has 0 bridgehead atoms. The van der Waals surface area contributed by atoms with E-state index in [0.717, 1.165) is 46.4 Å². The van der Waals surface area contributed by atoms with Gasteiger partial charge in [-0.05, 0) is 60.8 Å². The minimum atomic E-state index is -1.46. The smallest absolute Gasteiger partial charge is 0.315 e. The second kappa shape index (κ2) is 20.2. The van der Waals surface area contributed by atoms with E-state index in [1.54, 1.807) is 0 Å². The van der Waals surface area contributed by atoms with Crippen molar-refractivity contribution < 1.29 is 53.6 Å². The highest BCUT2D eigenvalue weighted by molar-refractivity contribution is 5.98. The van der Waals surface area contributed by atoms with Crippen LogP contribution in [0, 0.1) is 5.92 Å². The molecule has 1 heterocycles. The average Bonchev–Trinajstić information content (AvgIpc) is 3.75. The maximum Gasteiger partial charge on any atom is 0.315 e. The Morgan fingerprint density at radius 2 is 1.49 bits per heavy atom. The Morgan fingerprint density at radius 3 is 2.12 bits per heavy atom. The van der Waals surface area contributed by atoms with Gasteiger partial charge < -0.3 is 46.2 Å². The third-order valence-corrected chi connectivity index (χ3v) is 11.0. The Bertz CT molecular complexity index is 1750. The highest BCUT2D eigenvalue weighted by Gasteiger charge is 2.41. The van der Waals surface area contributed by atoms with Crippen molar-refractivity contribution in [1.29, 1.82) is 0 Å². The van der Waals surface area contributed by atoms with E-state index in [1.807, 2.05) is 48.5 Å². The summed E-state index contributed by atoms with van der Waals surface area (Å²) in [6.45, 7) is 0.560. The van der Waals surface area contributed by atoms with E-state index >= 15 is 0 Å². The van der Waals surface area contributed by atoms with Crippen LogP contribution in [0.3, 0.4) is 0 Å². The number of hydrogen-bond donors (Lipinski definition) is 7. The number of nitrogens with zero attached hydrogens (tertiary/aromatic N) is 1. The van der Waals surface area contributed by atoms with E-state index in [2.05, 4.69) is 21.3 Å². The summed E-state index contributed by atoms with van der Waals surface area (Å²) in [6, 6.07) is 10.8. The summed E-state index contributed by atoms with van der Waals surface area (Å²) < 4.78 is 5.56. The van der Waals surface area contributed by atoms with Gasteiger partial charge in [-0.2, -0.15) is 0 Å². The van der Waals surface area contributed by atoms with Gasteiger partial charge in [0.2, 0.25) is 29.5 Å². The monoisotopic (exact) mass is 791 g/mol. The van der Waals surface area contributed by atoms with Gasteiger partial charge >= 0.3 is 11.9 Å². The van der Waals surface area contributed by atoms with Gasteiger partial charge in [0.25, 0.3) is 0 Å². The Hall–Kier alpha value is -5.35. The van der Waals surface area contributed by atoms with Gasteiger partial charge in [0, 0.05) is 31.8 Å². The predicted octanol–water partition coefficient (Wildman–Crippen LogP) is 1.11. The van der Waals surface area contributed by atoms with Crippen LogP contribution in [0.5, 0.6) is 0 Å². The molecule has 1 aliphatic heterocycles. The molecular weight excluding hydrogens is 738 g/mol. The van der Waals surface area contributed by atoms with Gasteiger partial charge in [-0.3, -0.25) is 33.6 Å². The molecule has 0 aromatic heterocycles. The van der Waals surface area contributed by atoms with Crippen molar-refractivity contribution in [3.05, 3.63) is 59.7 Å². The first-order valence-corrected chi connectivity index (χ1v) is 19.7. The molecule has 3 aliphatic rings. The Morgan fingerprint density at radius 1 is 0.842 bits per heavy atom. The maximum atomic E-state index is 13.4. The molecule has 2 fully saturated rings. The van der Waals surface area contributed by atoms with Crippen molar-refractivity contribution >= 4 is 41.5 Å². The molecule has 308 valence electrons. The number of aliphatic carboxylic acids is 1. The maximum absolute atomic E-state index is 13.4. The van der Waals surface area contributed by atoms with Crippen LogP contribution in [-0.4, -0.2) is 118 Å². The molecule has 1 saturated heterocycles. The lowest BCUT2D eigenvalue weighted by Gasteiger charge is -2.31. The number of fused-ring (bicyclic) bond motifs is 3. The Labute approximate surface area is 331 Å². The number of ether oxygens (including phenoxy) is 1. The van der Waals surface area contributed by atoms with Crippen molar-refractivity contribution in [2.45, 2.75) is 107 Å². The zero-order chi connectivity index (χ0) is 41.1. The highest BCUT2D eigenvalue weighted by atomic mass is 16.5. The zero-order valence-corrected chi connectivity index (χ0v) is 32.1. The van der Waals surface area contributed by atoms with E-state index in [-0.39, 0.29) is 44.4 Å². The van der Waals surface area contributed by atoms with E-state index < -0.39 is 84.8 Å². The quantitative estimate of drug-likeness (QED) is 0.0641. The fourth-order valence-electron chi connectivity index (χ4n) is 7.94. The van der Waals surface area contributed by atoms with Gasteiger partial charge in [-0.15, -0.1) is 0 Å². The molecule has 5 rings (SSSR count). The first kappa shape index (κ1) is 42.8. The molecule has 16 nitrogen and oxygen atoms in total. The number of likely N-dealkylation sites (tertiary alicyclic amines) is 1. The van der Waals surface area contributed by atoms with E-state index in [9.17, 15) is 43.8 Å². The summed E-state index contributed by atoms with van der Waals surface area (Å²) in [5.41, 5.74) is 4.12. The molecule has 0 spiro atoms. The van der Waals surface area contributed by atoms with Crippen LogP contribution < -0.4 is 21.3 Å². The molecule has 2 aliphatic carbocycles. The topological polar surface area (TPSA) is 241 Å². The number of aliphatic hydroxyl groups is 2. The van der Waals surface area contributed by atoms with Crippen molar-refractivity contribution in [2.24, 2.45) is 5.92 Å². The summed E-state index contributed by atoms with van der Waals surface area (Å²) in [6.07, 6.45) is 3.05. The van der Waals surface area contributed by atoms with Crippen molar-refractivity contribution in [3.8, 4) is 11.1 Å². The molecule has 0 radical (unpaired) electrons. The molecule has 5 atom stereocenters. The lowest BCUT2D eigenvalue weighted by atomic mass is 9.83. The lowest BCUT2D eigenvalue weighted by Crippen LogP contribution is -2.59. The Balaban J connectivity index is 1.12. The van der Waals surface area contributed by atoms with Crippen LogP contribution >= 0.6 is 0 Å². The SMILES string of the molecule is C[C@H](NC(=O)[C@@H]1C[C@@H](O)CN1C(=O)CC(=O)OCC1c2ccccc2-c2ccccc21)C(=O)N[C@@H](CO)C(=O)N[C@H](C(=O)NCCCCC(=O)O)C1CCCCC1. The first-order chi connectivity index (χ1) is 27.4. The Kier molecular flexibility index (Phi) is 15.2. The van der Waals surface area contributed by atoms with Crippen LogP contribution in [0.1, 0.15) is 88.2 Å². The summed E-state index contributed by atoms with van der Waals surface area (Å²) in [4.78, 5) is 91.1. The summed E-state index contributed by atoms with van der Waals surface area (Å²) >= 11 is 0. The van der Waals surface area contributed by atoms with E-state index in [4.69, 9.17) is 9.84 Å². The van der Waals surface area contributed by atoms with Gasteiger partial charge in [0.15, 0.2) is 0 Å². The number of amides is 5. The highest BCUT2D eigenvalue weighted by Crippen LogP contribution is 2.44. The number of benzene rings is 2. The molecule has 2 aromatic rings. The largest absolute Gasteiger partial charge is 0.481 e. The number of rotatable bonds is 18. The van der Waals surface area contributed by atoms with Crippen LogP contribution in [-0.2, 0) is 38.3 Å². The van der Waals surface area contributed by atoms with Gasteiger partial charge in [-0.25, -0.2) is 0 Å². The number of carboxylic acids is 1. The summed E-state index contributed by atoms with van der Waals surface area (Å²) in [5.74, 6) is -5.67. The molecule has 7 N–H and O–H groups in total. The van der Waals surface area contributed by atoms with Crippen LogP contribution in [0.25, 0.3) is 11.1 Å². The molecule has 1 saturated carbocycles. The molecule has 16 heteroatoms. The first-order valence-electron chi connectivity index (χ1n) is 19.7. The fraction of sp³-hybridized carbons (Fsp3) is 0.537. The number of aliphatic hydroxyl groups excluding tert-OH is 2. The summed E-state index contributed by atoms with van der Waals surface area (Å²) in [5, 5.41) is 39.6. The van der Waals surface area contributed by atoms with Gasteiger partial charge in [0.1, 0.15) is 37.2 Å². The number of carbonyl (C=O) groups is 7. The average molecular weight is 792 g/mol. The molecular formula is C41H53N5O11. The number of carboxylic acid groups (broad SMARTS) is 1. The molecule has 57 heavy (non-hydrogen) atoms. The number of nitrogens with one attached hydrogen (secondary N) is 4. The van der Waals surface area contributed by atoms with Gasteiger partial charge in [-0.1, -0.05) is 67.8 Å². The van der Waals surface area contributed by atoms with Gasteiger partial charge in [0.05, 0.1) is 12.7 Å². The van der Waals surface area contributed by atoms with E-state index in [0.29, 0.717) is 25.7 Å². The number of esters is 1. The second-order valence-electron chi connectivity index (χ2n) is 15.0. The van der Waals surface area contributed by atoms with Crippen LogP contribution in [0.2, 0.25) is 0 Å². The standard InChI is InChI=1S/C41H53N5O11/c1-24(38(53)44-32(22-47)39(54)45-37(25-11-3-2-4-12-25)41(56)42-18-10-9-17-35(50)51)43-40(55)33-19-26(48)21-46(33)34(49)20-36(52)57-23-31-29-15-7-5-13-27(29)28-14-6-8-16-30(28)31/h5-8,13-16,24-26,31-33,37,47-48H,2-4,9-12,17-23H2,1H3,(H,42,56)(H,43,55)(H,44,53)(H,45,54)(H,50,51)/t24-,26+,32-,33-,37-/m0/s1. The molecule has 0 unspecified atom stereocenters. The number of hydrogen-bond acceptors (Lipinski definition) is 10. The molecule has 5 amide bonds. The predicted molar refractivity (Wildman–Crippen MR) is 205 cm³/mol. The third kappa shape index (κ3) is 11.2. The second-order valence-corrected chi connectivity index (χ2v) is 15.0. The normalized spacial score (nSPS) is 19.3. The third-order valence-electron chi connectivity index (χ3n) is 11.0. The number of unbranched alkanes of at least 4 members (excludes halogenated alkanes) is 1. The van der Waals surface area contributed by atoms with Crippen molar-refractivity contribution in [1.82, 2.24) is 26.2 Å². The summed E-state index contributed by atoms with van der Waals surface area (Å²) in [7, 11) is 0. The zero-order valence-electron chi connectivity index (χ0n) is 32.1. The number of β-amino-alcohol motifs (C(OH)–C–C–N with tert-alkyl or cyclic N) is 1.